The van der Waals surface area contributed by atoms with E-state index in [1.54, 1.807) is 0 Å². The summed E-state index contributed by atoms with van der Waals surface area (Å²) in [5.74, 6) is 3.90. The number of hydrogen-bond donors (Lipinski definition) is 0. The van der Waals surface area contributed by atoms with Gasteiger partial charge in [-0.3, -0.25) is 0 Å². The normalized spacial score (nSPS) is 20.0. The van der Waals surface area contributed by atoms with Crippen LogP contribution < -0.4 is 9.47 Å². The molecule has 0 heterocycles. The van der Waals surface area contributed by atoms with Gasteiger partial charge in [-0.1, -0.05) is 168 Å². The number of carbonyl (C=O) groups excluding carboxylic acids is 2. The van der Waals surface area contributed by atoms with Gasteiger partial charge >= 0.3 is 11.9 Å². The Morgan fingerprint density at radius 2 is 0.758 bits per heavy atom. The lowest BCUT2D eigenvalue weighted by Crippen LogP contribution is -2.45. The highest BCUT2D eigenvalue weighted by atomic mass is 16.6. The Labute approximate surface area is 377 Å². The van der Waals surface area contributed by atoms with Gasteiger partial charge in [0.05, 0.1) is 39.6 Å². The van der Waals surface area contributed by atoms with Crippen LogP contribution in [-0.4, -0.2) is 50.6 Å². The van der Waals surface area contributed by atoms with E-state index in [9.17, 15) is 9.59 Å². The van der Waals surface area contributed by atoms with Crippen LogP contribution in [0.1, 0.15) is 193 Å². The van der Waals surface area contributed by atoms with Crippen LogP contribution in [0.2, 0.25) is 0 Å². The molecule has 2 atom stereocenters. The molecule has 0 spiro atoms. The molecule has 62 heavy (non-hydrogen) atoms. The number of hydrogen-bond acceptors (Lipinski definition) is 8. The lowest BCUT2D eigenvalue weighted by atomic mass is 9.78. The van der Waals surface area contributed by atoms with Gasteiger partial charge in [0.15, 0.2) is 12.2 Å². The molecule has 0 aromatic heterocycles. The van der Waals surface area contributed by atoms with E-state index in [1.165, 1.54) is 116 Å². The van der Waals surface area contributed by atoms with Crippen molar-refractivity contribution in [2.24, 2.45) is 23.7 Å². The molecule has 2 saturated carbocycles. The van der Waals surface area contributed by atoms with Crippen LogP contribution in [-0.2, 0) is 41.8 Å². The summed E-state index contributed by atoms with van der Waals surface area (Å²) in [5, 5.41) is 0. The van der Waals surface area contributed by atoms with Gasteiger partial charge in [-0.05, 0) is 97.6 Å². The Hall–Kier alpha value is -3.10. The standard InChI is InChI=1S/C54H86O8/c1-5-9-13-17-43-21-25-45(26-22-43)19-15-39-57-49-33-29-47(30-34-49)41-61-51(53(55)59-37-11-7-3)52(54(56)60-38-12-8-4)62-42-48-31-35-50(36-32-48)58-40-16-20-46-27-23-44(24-28-46)18-14-10-6-2/h29-36,43-46,51-52H,5-28,37-42H2,1-4H3/t43-,44-,45-,46-,51-,52-/m1/s1. The van der Waals surface area contributed by atoms with Crippen molar-refractivity contribution in [3.05, 3.63) is 59.7 Å². The molecule has 2 aromatic rings. The molecule has 2 fully saturated rings. The van der Waals surface area contributed by atoms with Crippen molar-refractivity contribution in [3.8, 4) is 11.5 Å². The van der Waals surface area contributed by atoms with E-state index in [0.29, 0.717) is 26.1 Å². The second kappa shape index (κ2) is 31.7. The number of benzene rings is 2. The predicted octanol–water partition coefficient (Wildman–Crippen LogP) is 13.9. The average molecular weight is 863 g/mol. The summed E-state index contributed by atoms with van der Waals surface area (Å²) in [6, 6.07) is 15.5. The fourth-order valence-corrected chi connectivity index (χ4v) is 9.20. The van der Waals surface area contributed by atoms with Gasteiger partial charge in [-0.15, -0.1) is 0 Å². The Bertz CT molecular complexity index is 1320. The maximum absolute atomic E-state index is 13.6. The van der Waals surface area contributed by atoms with Gasteiger partial charge in [-0.2, -0.15) is 0 Å². The summed E-state index contributed by atoms with van der Waals surface area (Å²) < 4.78 is 35.9. The highest BCUT2D eigenvalue weighted by Gasteiger charge is 2.38. The van der Waals surface area contributed by atoms with Crippen molar-refractivity contribution < 1.29 is 38.0 Å². The quantitative estimate of drug-likeness (QED) is 0.0518. The number of rotatable bonds is 33. The maximum Gasteiger partial charge on any atom is 0.338 e. The first kappa shape index (κ1) is 51.5. The zero-order valence-corrected chi connectivity index (χ0v) is 39.6. The van der Waals surface area contributed by atoms with E-state index in [4.69, 9.17) is 28.4 Å². The first-order chi connectivity index (χ1) is 30.4. The van der Waals surface area contributed by atoms with E-state index in [2.05, 4.69) is 13.8 Å². The fourth-order valence-electron chi connectivity index (χ4n) is 9.20. The van der Waals surface area contributed by atoms with E-state index in [1.807, 2.05) is 62.4 Å². The van der Waals surface area contributed by atoms with Crippen LogP contribution in [0.25, 0.3) is 0 Å². The molecule has 0 N–H and O–H groups in total. The minimum absolute atomic E-state index is 0.0867. The molecule has 0 bridgehead atoms. The van der Waals surface area contributed by atoms with Gasteiger partial charge in [0.2, 0.25) is 0 Å². The number of esters is 2. The largest absolute Gasteiger partial charge is 0.494 e. The summed E-state index contributed by atoms with van der Waals surface area (Å²) in [6.45, 7) is 10.7. The fraction of sp³-hybridized carbons (Fsp3) is 0.741. The third-order valence-electron chi connectivity index (χ3n) is 13.3. The predicted molar refractivity (Wildman–Crippen MR) is 250 cm³/mol. The first-order valence-electron chi connectivity index (χ1n) is 25.4. The molecule has 8 nitrogen and oxygen atoms in total. The molecule has 2 aliphatic carbocycles. The van der Waals surface area contributed by atoms with E-state index >= 15 is 0 Å². The SMILES string of the molecule is CCCCC[C@H]1CC[C@H](CCCOc2ccc(CO[C@@H](C(=O)OCCCC)[C@@H](OCc3ccc(OCCC[C@H]4CC[C@H](CCCCC)CC4)cc3)C(=O)OCCCC)cc2)CC1. The molecule has 0 aliphatic heterocycles. The zero-order valence-electron chi connectivity index (χ0n) is 39.6. The Morgan fingerprint density at radius 1 is 0.435 bits per heavy atom. The van der Waals surface area contributed by atoms with Crippen LogP contribution >= 0.6 is 0 Å². The maximum atomic E-state index is 13.6. The molecule has 8 heteroatoms. The molecule has 0 unspecified atom stereocenters. The van der Waals surface area contributed by atoms with Crippen LogP contribution in [0.3, 0.4) is 0 Å². The molecule has 4 rings (SSSR count). The van der Waals surface area contributed by atoms with Crippen LogP contribution in [0, 0.1) is 23.7 Å². The second-order valence-corrected chi connectivity index (χ2v) is 18.5. The smallest absolute Gasteiger partial charge is 0.338 e. The van der Waals surface area contributed by atoms with Gasteiger partial charge in [-0.25, -0.2) is 9.59 Å². The number of carbonyl (C=O) groups is 2. The highest BCUT2D eigenvalue weighted by Crippen LogP contribution is 2.35. The lowest BCUT2D eigenvalue weighted by Gasteiger charge is -2.28. The minimum atomic E-state index is -1.30. The molecular formula is C54H86O8. The average Bonchev–Trinajstić information content (AvgIpc) is 3.29. The van der Waals surface area contributed by atoms with Crippen molar-refractivity contribution in [1.82, 2.24) is 0 Å². The van der Waals surface area contributed by atoms with Crippen molar-refractivity contribution in [2.45, 2.75) is 207 Å². The Morgan fingerprint density at radius 3 is 1.08 bits per heavy atom. The molecule has 0 amide bonds. The number of unbranched alkanes of at least 4 members (excludes halogenated alkanes) is 6. The summed E-state index contributed by atoms with van der Waals surface area (Å²) >= 11 is 0. The van der Waals surface area contributed by atoms with E-state index < -0.39 is 24.1 Å². The van der Waals surface area contributed by atoms with E-state index in [-0.39, 0.29) is 26.4 Å². The summed E-state index contributed by atoms with van der Waals surface area (Å²) in [5.41, 5.74) is 1.69. The Balaban J connectivity index is 1.25. The van der Waals surface area contributed by atoms with Crippen LogP contribution in [0.4, 0.5) is 0 Å². The van der Waals surface area contributed by atoms with Gasteiger partial charge < -0.3 is 28.4 Å². The lowest BCUT2D eigenvalue weighted by molar-refractivity contribution is -0.186. The third kappa shape index (κ3) is 20.6. The monoisotopic (exact) mass is 863 g/mol. The summed E-state index contributed by atoms with van der Waals surface area (Å²) in [6.07, 6.45) is 27.1. The molecular weight excluding hydrogens is 777 g/mol. The minimum Gasteiger partial charge on any atom is -0.494 e. The molecule has 0 radical (unpaired) electrons. The van der Waals surface area contributed by atoms with Crippen molar-refractivity contribution >= 4 is 11.9 Å². The summed E-state index contributed by atoms with van der Waals surface area (Å²) in [7, 11) is 0. The topological polar surface area (TPSA) is 89.5 Å². The highest BCUT2D eigenvalue weighted by molar-refractivity contribution is 5.85. The second-order valence-electron chi connectivity index (χ2n) is 18.5. The van der Waals surface area contributed by atoms with Crippen LogP contribution in [0.5, 0.6) is 11.5 Å². The van der Waals surface area contributed by atoms with Gasteiger partial charge in [0.25, 0.3) is 0 Å². The van der Waals surface area contributed by atoms with Gasteiger partial charge in [0, 0.05) is 0 Å². The zero-order chi connectivity index (χ0) is 44.0. The third-order valence-corrected chi connectivity index (χ3v) is 13.3. The van der Waals surface area contributed by atoms with E-state index in [0.717, 1.165) is 72.0 Å². The van der Waals surface area contributed by atoms with Crippen LogP contribution in [0.15, 0.2) is 48.5 Å². The summed E-state index contributed by atoms with van der Waals surface area (Å²) in [4.78, 5) is 27.1. The molecule has 0 saturated heterocycles. The van der Waals surface area contributed by atoms with Crippen molar-refractivity contribution in [3.63, 3.8) is 0 Å². The first-order valence-corrected chi connectivity index (χ1v) is 25.4. The van der Waals surface area contributed by atoms with Crippen molar-refractivity contribution in [2.75, 3.05) is 26.4 Å². The molecule has 2 aromatic carbocycles. The van der Waals surface area contributed by atoms with Gasteiger partial charge in [0.1, 0.15) is 11.5 Å². The Kier molecular flexibility index (Phi) is 26.3. The van der Waals surface area contributed by atoms with Crippen molar-refractivity contribution in [1.29, 1.82) is 0 Å². The molecule has 350 valence electrons. The molecule has 2 aliphatic rings. The number of ether oxygens (including phenoxy) is 6.